The Labute approximate surface area is 129 Å². The van der Waals surface area contributed by atoms with Crippen molar-refractivity contribution < 1.29 is 9.47 Å². The van der Waals surface area contributed by atoms with E-state index in [4.69, 9.17) is 15.2 Å². The van der Waals surface area contributed by atoms with Crippen molar-refractivity contribution in [3.05, 3.63) is 35.4 Å². The number of nitrogens with two attached hydrogens (primary N) is 1. The summed E-state index contributed by atoms with van der Waals surface area (Å²) < 4.78 is 10.9. The molecule has 0 radical (unpaired) electrons. The molecule has 0 saturated heterocycles. The van der Waals surface area contributed by atoms with Gasteiger partial charge in [0.05, 0.1) is 13.2 Å². The van der Waals surface area contributed by atoms with E-state index in [0.717, 1.165) is 46.1 Å². The predicted octanol–water partition coefficient (Wildman–Crippen LogP) is 2.37. The van der Waals surface area contributed by atoms with Gasteiger partial charge in [0.2, 0.25) is 0 Å². The summed E-state index contributed by atoms with van der Waals surface area (Å²) >= 11 is 0. The lowest BCUT2D eigenvalue weighted by molar-refractivity contribution is 0.0802. The van der Waals surface area contributed by atoms with E-state index in [0.29, 0.717) is 0 Å². The fraction of sp³-hybridized carbons (Fsp3) is 0.647. The van der Waals surface area contributed by atoms with Crippen LogP contribution in [0.1, 0.15) is 31.0 Å². The maximum Gasteiger partial charge on any atom is 0.0593 e. The Morgan fingerprint density at radius 1 is 1.05 bits per heavy atom. The van der Waals surface area contributed by atoms with Crippen LogP contribution in [0, 0.1) is 6.92 Å². The molecule has 0 aromatic heterocycles. The van der Waals surface area contributed by atoms with E-state index in [1.54, 1.807) is 0 Å². The van der Waals surface area contributed by atoms with Crippen molar-refractivity contribution in [2.45, 2.75) is 26.8 Å². The van der Waals surface area contributed by atoms with Crippen LogP contribution in [0.15, 0.2) is 24.3 Å². The predicted molar refractivity (Wildman–Crippen MR) is 87.5 cm³/mol. The minimum atomic E-state index is 0.0226. The zero-order valence-corrected chi connectivity index (χ0v) is 13.7. The molecule has 1 atom stereocenters. The highest BCUT2D eigenvalue weighted by Crippen LogP contribution is 2.16. The summed E-state index contributed by atoms with van der Waals surface area (Å²) in [6, 6.07) is 8.35. The van der Waals surface area contributed by atoms with Crippen LogP contribution in [0.2, 0.25) is 0 Å². The fourth-order valence-electron chi connectivity index (χ4n) is 2.35. The van der Waals surface area contributed by atoms with Crippen LogP contribution < -0.4 is 5.73 Å². The molecule has 0 aliphatic heterocycles. The Balaban J connectivity index is 2.54. The van der Waals surface area contributed by atoms with Gasteiger partial charge >= 0.3 is 0 Å². The molecule has 4 nitrogen and oxygen atoms in total. The van der Waals surface area contributed by atoms with Crippen molar-refractivity contribution in [2.75, 3.05) is 46.1 Å². The first-order valence-electron chi connectivity index (χ1n) is 7.88. The zero-order valence-electron chi connectivity index (χ0n) is 13.7. The first-order valence-corrected chi connectivity index (χ1v) is 7.88. The highest BCUT2D eigenvalue weighted by Gasteiger charge is 2.13. The van der Waals surface area contributed by atoms with Crippen LogP contribution in [0.3, 0.4) is 0 Å². The molecule has 1 unspecified atom stereocenters. The van der Waals surface area contributed by atoms with E-state index in [1.165, 1.54) is 11.1 Å². The van der Waals surface area contributed by atoms with Gasteiger partial charge in [0.25, 0.3) is 0 Å². The first-order chi connectivity index (χ1) is 10.2. The van der Waals surface area contributed by atoms with Crippen molar-refractivity contribution in [1.82, 2.24) is 4.90 Å². The Kier molecular flexibility index (Phi) is 9.26. The standard InChI is InChI=1S/C17H30N2O2/c1-4-20-12-10-19(11-13-21-5-2)14-17(18)16-9-7-6-8-15(16)3/h6-9,17H,4-5,10-14,18H2,1-3H3. The van der Waals surface area contributed by atoms with Gasteiger partial charge in [-0.2, -0.15) is 0 Å². The van der Waals surface area contributed by atoms with Crippen LogP contribution in [0.4, 0.5) is 0 Å². The molecular formula is C17H30N2O2. The molecule has 0 aliphatic carbocycles. The quantitative estimate of drug-likeness (QED) is 0.637. The van der Waals surface area contributed by atoms with Gasteiger partial charge in [0, 0.05) is 38.9 Å². The van der Waals surface area contributed by atoms with E-state index < -0.39 is 0 Å². The minimum absolute atomic E-state index is 0.0226. The van der Waals surface area contributed by atoms with Crippen LogP contribution in [-0.4, -0.2) is 51.0 Å². The first kappa shape index (κ1) is 18.1. The number of nitrogens with zero attached hydrogens (tertiary/aromatic N) is 1. The molecular weight excluding hydrogens is 264 g/mol. The lowest BCUT2D eigenvalue weighted by atomic mass is 10.0. The van der Waals surface area contributed by atoms with E-state index in [-0.39, 0.29) is 6.04 Å². The molecule has 0 amide bonds. The normalized spacial score (nSPS) is 12.8. The number of aryl methyl sites for hydroxylation is 1. The van der Waals surface area contributed by atoms with Crippen molar-refractivity contribution in [1.29, 1.82) is 0 Å². The van der Waals surface area contributed by atoms with Gasteiger partial charge in [-0.3, -0.25) is 4.90 Å². The van der Waals surface area contributed by atoms with Crippen LogP contribution in [0.25, 0.3) is 0 Å². The summed E-state index contributed by atoms with van der Waals surface area (Å²) in [5.74, 6) is 0. The molecule has 0 bridgehead atoms. The number of hydrogen-bond donors (Lipinski definition) is 1. The fourth-order valence-corrected chi connectivity index (χ4v) is 2.35. The van der Waals surface area contributed by atoms with Gasteiger partial charge in [-0.25, -0.2) is 0 Å². The Morgan fingerprint density at radius 2 is 1.62 bits per heavy atom. The molecule has 21 heavy (non-hydrogen) atoms. The summed E-state index contributed by atoms with van der Waals surface area (Å²) in [4.78, 5) is 2.32. The van der Waals surface area contributed by atoms with Crippen molar-refractivity contribution >= 4 is 0 Å². The summed E-state index contributed by atoms with van der Waals surface area (Å²) in [5, 5.41) is 0. The van der Waals surface area contributed by atoms with Gasteiger partial charge < -0.3 is 15.2 Å². The number of hydrogen-bond acceptors (Lipinski definition) is 4. The summed E-state index contributed by atoms with van der Waals surface area (Å²) in [5.41, 5.74) is 8.85. The monoisotopic (exact) mass is 294 g/mol. The van der Waals surface area contributed by atoms with Gasteiger partial charge in [0.1, 0.15) is 0 Å². The Hall–Kier alpha value is -0.940. The van der Waals surface area contributed by atoms with Crippen LogP contribution >= 0.6 is 0 Å². The van der Waals surface area contributed by atoms with E-state index in [2.05, 4.69) is 24.0 Å². The topological polar surface area (TPSA) is 47.7 Å². The molecule has 1 aromatic rings. The summed E-state index contributed by atoms with van der Waals surface area (Å²) in [6.07, 6.45) is 0. The van der Waals surface area contributed by atoms with Crippen molar-refractivity contribution in [3.8, 4) is 0 Å². The molecule has 4 heteroatoms. The molecule has 0 spiro atoms. The number of ether oxygens (including phenoxy) is 2. The maximum absolute atomic E-state index is 6.38. The molecule has 1 rings (SSSR count). The summed E-state index contributed by atoms with van der Waals surface area (Å²) in [7, 11) is 0. The Morgan fingerprint density at radius 3 is 2.14 bits per heavy atom. The average Bonchev–Trinajstić information content (AvgIpc) is 2.48. The second-order valence-electron chi connectivity index (χ2n) is 5.16. The molecule has 0 fully saturated rings. The van der Waals surface area contributed by atoms with Gasteiger partial charge in [-0.15, -0.1) is 0 Å². The lowest BCUT2D eigenvalue weighted by Crippen LogP contribution is -2.37. The van der Waals surface area contributed by atoms with Crippen molar-refractivity contribution in [3.63, 3.8) is 0 Å². The second-order valence-corrected chi connectivity index (χ2v) is 5.16. The van der Waals surface area contributed by atoms with Gasteiger partial charge in [-0.1, -0.05) is 24.3 Å². The van der Waals surface area contributed by atoms with Crippen molar-refractivity contribution in [2.24, 2.45) is 5.73 Å². The van der Waals surface area contributed by atoms with Gasteiger partial charge in [-0.05, 0) is 31.9 Å². The smallest absolute Gasteiger partial charge is 0.0593 e. The average molecular weight is 294 g/mol. The van der Waals surface area contributed by atoms with E-state index in [1.807, 2.05) is 26.0 Å². The molecule has 0 heterocycles. The molecule has 0 saturated carbocycles. The Bertz CT molecular complexity index is 375. The maximum atomic E-state index is 6.38. The lowest BCUT2D eigenvalue weighted by Gasteiger charge is -2.26. The third-order valence-corrected chi connectivity index (χ3v) is 3.55. The van der Waals surface area contributed by atoms with Gasteiger partial charge in [0.15, 0.2) is 0 Å². The SMILES string of the molecule is CCOCCN(CCOCC)CC(N)c1ccccc1C. The largest absolute Gasteiger partial charge is 0.380 e. The molecule has 2 N–H and O–H groups in total. The number of benzene rings is 1. The molecule has 0 aliphatic rings. The second kappa shape index (κ2) is 10.7. The summed E-state index contributed by atoms with van der Waals surface area (Å²) in [6.45, 7) is 11.7. The number of rotatable bonds is 11. The van der Waals surface area contributed by atoms with Crippen LogP contribution in [-0.2, 0) is 9.47 Å². The van der Waals surface area contributed by atoms with Crippen LogP contribution in [0.5, 0.6) is 0 Å². The van der Waals surface area contributed by atoms with E-state index in [9.17, 15) is 0 Å². The highest BCUT2D eigenvalue weighted by molar-refractivity contribution is 5.28. The third-order valence-electron chi connectivity index (χ3n) is 3.55. The zero-order chi connectivity index (χ0) is 15.5. The third kappa shape index (κ3) is 7.05. The van der Waals surface area contributed by atoms with E-state index >= 15 is 0 Å². The molecule has 120 valence electrons. The highest BCUT2D eigenvalue weighted by atomic mass is 16.5. The minimum Gasteiger partial charge on any atom is -0.380 e. The molecule has 1 aromatic carbocycles.